The first-order chi connectivity index (χ1) is 17.0. The third-order valence-corrected chi connectivity index (χ3v) is 7.02. The van der Waals surface area contributed by atoms with Crippen LogP contribution in [0.25, 0.3) is 0 Å². The molecule has 0 aromatic carbocycles. The van der Waals surface area contributed by atoms with E-state index in [2.05, 4.69) is 12.5 Å². The van der Waals surface area contributed by atoms with Crippen LogP contribution in [0.2, 0.25) is 0 Å². The highest BCUT2D eigenvalue weighted by molar-refractivity contribution is 7.99. The summed E-state index contributed by atoms with van der Waals surface area (Å²) < 4.78 is 301. The van der Waals surface area contributed by atoms with Gasteiger partial charge < -0.3 is 0 Å². The average molecular weight is 712 g/mol. The Bertz CT molecular complexity index is 931. The normalized spacial score (nSPS) is 18.8. The van der Waals surface area contributed by atoms with Crippen LogP contribution in [0.3, 0.4) is 0 Å². The molecule has 0 aliphatic rings. The van der Waals surface area contributed by atoms with Crippen molar-refractivity contribution in [2.75, 3.05) is 0 Å². The second-order valence-corrected chi connectivity index (χ2v) is 9.78. The Morgan fingerprint density at radius 2 is 0.675 bits per heavy atom. The molecular weight excluding hydrogens is 711 g/mol. The number of rotatable bonds is 12. The lowest BCUT2D eigenvalue weighted by Gasteiger charge is -2.30. The molecule has 0 aliphatic carbocycles. The molecule has 0 N–H and O–H groups in total. The Morgan fingerprint density at radius 3 is 0.900 bits per heavy atom. The molecule has 3 unspecified atom stereocenters. The molecule has 0 radical (unpaired) electrons. The van der Waals surface area contributed by atoms with Crippen LogP contribution in [-0.2, 0) is 45.8 Å². The zero-order valence-electron chi connectivity index (χ0n) is 16.7. The van der Waals surface area contributed by atoms with E-state index < -0.39 is 91.8 Å². The largest absolute Gasteiger partial charge is 0.462 e. The molecular formula is C10HF21O6S3. The summed E-state index contributed by atoms with van der Waals surface area (Å²) in [6.07, 6.45) is -37.3. The molecule has 0 rings (SSSR count). The Hall–Kier alpha value is -1.14. The van der Waals surface area contributed by atoms with Crippen molar-refractivity contribution in [3.63, 3.8) is 0 Å². The summed E-state index contributed by atoms with van der Waals surface area (Å²) in [7, 11) is 0. The van der Waals surface area contributed by atoms with E-state index >= 15 is 0 Å². The number of halogens is 21. The van der Waals surface area contributed by atoms with Crippen LogP contribution < -0.4 is 0 Å². The standard InChI is InChI=1S/C10HF21O6S3/c11-2(12,5(17,18)19)8(26,27)36-38(32)1(35-40(34)10(30,31)4(15,16)7(23,24)25)39(33)37-9(28,29)3(13,14)6(20,21)22/h1H. The van der Waals surface area contributed by atoms with Crippen LogP contribution in [0.15, 0.2) is 0 Å². The second-order valence-electron chi connectivity index (χ2n) is 6.07. The van der Waals surface area contributed by atoms with Crippen molar-refractivity contribution < 1.29 is 117 Å². The molecule has 0 aliphatic heterocycles. The fourth-order valence-electron chi connectivity index (χ4n) is 1.25. The molecule has 30 heteroatoms. The van der Waals surface area contributed by atoms with E-state index in [-0.39, 0.29) is 0 Å². The molecule has 242 valence electrons. The van der Waals surface area contributed by atoms with Gasteiger partial charge in [-0.15, -0.1) is 0 Å². The van der Waals surface area contributed by atoms with Crippen molar-refractivity contribution in [3.8, 4) is 0 Å². The molecule has 0 saturated carbocycles. The van der Waals surface area contributed by atoms with Gasteiger partial charge in [-0.05, 0) is 0 Å². The topological polar surface area (TPSA) is 78.9 Å². The van der Waals surface area contributed by atoms with Crippen LogP contribution in [0, 0.1) is 0 Å². The maximum atomic E-state index is 13.3. The van der Waals surface area contributed by atoms with Gasteiger partial charge in [-0.25, -0.2) is 25.2 Å². The highest BCUT2D eigenvalue weighted by Gasteiger charge is 2.79. The summed E-state index contributed by atoms with van der Waals surface area (Å²) in [6.45, 7) is 0. The Morgan fingerprint density at radius 1 is 0.425 bits per heavy atom. The van der Waals surface area contributed by atoms with E-state index in [0.29, 0.717) is 0 Å². The molecule has 0 heterocycles. The highest BCUT2D eigenvalue weighted by atomic mass is 32.3. The van der Waals surface area contributed by atoms with Gasteiger partial charge in [0.2, 0.25) is 33.2 Å². The van der Waals surface area contributed by atoms with Crippen LogP contribution in [0.1, 0.15) is 0 Å². The first-order valence-corrected chi connectivity index (χ1v) is 11.1. The minimum absolute atomic E-state index is 2.07. The van der Waals surface area contributed by atoms with Gasteiger partial charge in [0.25, 0.3) is 4.77 Å². The first kappa shape index (κ1) is 38.9. The number of hydrogen-bond acceptors (Lipinski definition) is 6. The highest BCUT2D eigenvalue weighted by Crippen LogP contribution is 2.51. The van der Waals surface area contributed by atoms with Gasteiger partial charge in [0, 0.05) is 0 Å². The summed E-state index contributed by atoms with van der Waals surface area (Å²) in [4.78, 5) is 0. The molecule has 0 spiro atoms. The average Bonchev–Trinajstić information content (AvgIpc) is 2.67. The molecule has 0 amide bonds. The van der Waals surface area contributed by atoms with E-state index in [0.717, 1.165) is 0 Å². The van der Waals surface area contributed by atoms with Gasteiger partial charge in [0.05, 0.1) is 0 Å². The summed E-state index contributed by atoms with van der Waals surface area (Å²) in [5.74, 6) is -22.9. The Balaban J connectivity index is 6.73. The summed E-state index contributed by atoms with van der Waals surface area (Å²) in [5.41, 5.74) is 0. The zero-order chi connectivity index (χ0) is 32.9. The monoisotopic (exact) mass is 712 g/mol. The van der Waals surface area contributed by atoms with E-state index in [1.54, 1.807) is 0 Å². The van der Waals surface area contributed by atoms with Crippen molar-refractivity contribution in [1.82, 2.24) is 0 Å². The predicted octanol–water partition coefficient (Wildman–Crippen LogP) is 5.68. The minimum atomic E-state index is -7.64. The smallest absolute Gasteiger partial charge is 0.250 e. The number of alkyl halides is 21. The zero-order valence-corrected chi connectivity index (χ0v) is 19.1. The lowest BCUT2D eigenvalue weighted by Crippen LogP contribution is -2.57. The second kappa shape index (κ2) is 11.2. The van der Waals surface area contributed by atoms with E-state index in [1.165, 1.54) is 0 Å². The fraction of sp³-hybridized carbons (Fsp3) is 1.00. The van der Waals surface area contributed by atoms with Crippen LogP contribution in [-0.4, -0.2) is 71.2 Å². The van der Waals surface area contributed by atoms with Gasteiger partial charge in [0.15, 0.2) is 0 Å². The first-order valence-electron chi connectivity index (χ1n) is 7.79. The van der Waals surface area contributed by atoms with Gasteiger partial charge in [0.1, 0.15) is 0 Å². The van der Waals surface area contributed by atoms with Gasteiger partial charge in [-0.3, -0.25) is 0 Å². The SMILES string of the molecule is O=S(OC(F)(F)C(F)(F)C(F)(F)F)C(OS(=O)C(F)(F)C(F)(F)C(F)(F)F)S(=O)OC(F)(F)C(F)(F)C(F)(F)F. The molecule has 3 atom stereocenters. The third-order valence-electron chi connectivity index (χ3n) is 3.23. The van der Waals surface area contributed by atoms with E-state index in [1.807, 2.05) is 0 Å². The van der Waals surface area contributed by atoms with E-state index in [9.17, 15) is 105 Å². The van der Waals surface area contributed by atoms with Crippen molar-refractivity contribution in [3.05, 3.63) is 0 Å². The molecule has 6 nitrogen and oxygen atoms in total. The molecule has 0 fully saturated rings. The van der Waals surface area contributed by atoms with Crippen molar-refractivity contribution in [2.45, 2.75) is 58.5 Å². The maximum absolute atomic E-state index is 13.3. The minimum Gasteiger partial charge on any atom is -0.250 e. The molecule has 0 bridgehead atoms. The van der Waals surface area contributed by atoms with Crippen LogP contribution in [0.5, 0.6) is 0 Å². The predicted molar refractivity (Wildman–Crippen MR) is 79.3 cm³/mol. The summed E-state index contributed by atoms with van der Waals surface area (Å²) in [6, 6.07) is 0. The van der Waals surface area contributed by atoms with Gasteiger partial charge in [-0.2, -0.15) is 92.2 Å². The van der Waals surface area contributed by atoms with E-state index in [4.69, 9.17) is 0 Å². The summed E-state index contributed by atoms with van der Waals surface area (Å²) in [5, 5.41) is -7.38. The molecule has 0 aromatic rings. The Kier molecular flexibility index (Phi) is 10.9. The maximum Gasteiger partial charge on any atom is 0.462 e. The molecule has 40 heavy (non-hydrogen) atoms. The summed E-state index contributed by atoms with van der Waals surface area (Å²) >= 11 is -17.5. The van der Waals surface area contributed by atoms with Crippen LogP contribution in [0.4, 0.5) is 92.2 Å². The van der Waals surface area contributed by atoms with Crippen molar-refractivity contribution in [2.24, 2.45) is 0 Å². The lowest BCUT2D eigenvalue weighted by molar-refractivity contribution is -0.401. The van der Waals surface area contributed by atoms with Crippen molar-refractivity contribution >= 4 is 33.2 Å². The van der Waals surface area contributed by atoms with Gasteiger partial charge in [-0.1, -0.05) is 0 Å². The Labute approximate surface area is 210 Å². The van der Waals surface area contributed by atoms with Gasteiger partial charge >= 0.3 is 53.8 Å². The quantitative estimate of drug-likeness (QED) is 0.243. The third kappa shape index (κ3) is 7.25. The molecule has 0 saturated heterocycles. The fourth-order valence-corrected chi connectivity index (χ4v) is 4.31. The van der Waals surface area contributed by atoms with Crippen LogP contribution >= 0.6 is 0 Å². The molecule has 0 aromatic heterocycles. The number of hydrogen-bond donors (Lipinski definition) is 0. The van der Waals surface area contributed by atoms with Crippen molar-refractivity contribution in [1.29, 1.82) is 0 Å². The lowest BCUT2D eigenvalue weighted by atomic mass is 10.3.